The van der Waals surface area contributed by atoms with Crippen LogP contribution in [0.25, 0.3) is 0 Å². The minimum atomic E-state index is -0.872. The third kappa shape index (κ3) is 12.9. The van der Waals surface area contributed by atoms with Gasteiger partial charge < -0.3 is 36.3 Å². The number of ether oxygens (including phenoxy) is 2. The summed E-state index contributed by atoms with van der Waals surface area (Å²) in [6.45, 7) is 10.00. The van der Waals surface area contributed by atoms with E-state index in [0.717, 1.165) is 12.8 Å². The lowest BCUT2D eigenvalue weighted by molar-refractivity contribution is -0.128. The van der Waals surface area contributed by atoms with Gasteiger partial charge in [-0.2, -0.15) is 0 Å². The molecule has 0 aliphatic carbocycles. The number of nitrogens with one attached hydrogen (secondary N) is 3. The Balaban J connectivity index is 0.00000882. The summed E-state index contributed by atoms with van der Waals surface area (Å²) >= 11 is 0. The zero-order valence-electron chi connectivity index (χ0n) is 25.9. The fraction of sp³-hybridized carbons (Fsp3) is 0.710. The molecular formula is C31H53ClN4O6. The maximum absolute atomic E-state index is 13.1. The van der Waals surface area contributed by atoms with Crippen LogP contribution < -0.4 is 26.4 Å². The molecule has 0 radical (unpaired) electrons. The summed E-state index contributed by atoms with van der Waals surface area (Å²) < 4.78 is 10.9. The molecule has 5 unspecified atom stereocenters. The molecule has 6 N–H and O–H groups in total. The molecule has 1 aromatic carbocycles. The van der Waals surface area contributed by atoms with Crippen molar-refractivity contribution in [3.63, 3.8) is 0 Å². The van der Waals surface area contributed by atoms with E-state index in [0.29, 0.717) is 56.9 Å². The smallest absolute Gasteiger partial charge is 0.255 e. The summed E-state index contributed by atoms with van der Waals surface area (Å²) in [6.07, 6.45) is 2.77. The van der Waals surface area contributed by atoms with Crippen molar-refractivity contribution in [1.29, 1.82) is 0 Å². The number of unbranched alkanes of at least 4 members (excludes halogenated alkanes) is 1. The number of hydrogen-bond acceptors (Lipinski definition) is 7. The van der Waals surface area contributed by atoms with E-state index in [1.165, 1.54) is 0 Å². The second kappa shape index (κ2) is 19.7. The Morgan fingerprint density at radius 3 is 2.38 bits per heavy atom. The molecular weight excluding hydrogens is 560 g/mol. The minimum absolute atomic E-state index is 0. The Morgan fingerprint density at radius 2 is 1.76 bits per heavy atom. The molecule has 11 heteroatoms. The molecule has 1 aromatic rings. The van der Waals surface area contributed by atoms with Crippen molar-refractivity contribution in [1.82, 2.24) is 16.0 Å². The maximum Gasteiger partial charge on any atom is 0.255 e. The molecule has 1 fully saturated rings. The molecule has 0 aromatic heterocycles. The lowest BCUT2D eigenvalue weighted by Crippen LogP contribution is -2.45. The summed E-state index contributed by atoms with van der Waals surface area (Å²) in [7, 11) is 1.67. The molecule has 1 heterocycles. The number of aliphatic hydroxyl groups excluding tert-OH is 1. The molecule has 3 amide bonds. The van der Waals surface area contributed by atoms with E-state index in [1.54, 1.807) is 19.2 Å². The fourth-order valence-electron chi connectivity index (χ4n) is 5.03. The highest BCUT2D eigenvalue weighted by Gasteiger charge is 2.31. The quantitative estimate of drug-likeness (QED) is 0.151. The average Bonchev–Trinajstić information content (AvgIpc) is 3.36. The number of hydrogen-bond donors (Lipinski definition) is 5. The SMILES string of the molecule is COCCCCOc1ccccc1C(=O)NCC(CC(N)C(O)CC(C(=O)NCC1CCC(=O)N1)C(C)C)C(C)C.Cl. The van der Waals surface area contributed by atoms with Crippen LogP contribution in [0.15, 0.2) is 24.3 Å². The summed E-state index contributed by atoms with van der Waals surface area (Å²) in [4.78, 5) is 37.4. The highest BCUT2D eigenvalue weighted by molar-refractivity contribution is 5.96. The van der Waals surface area contributed by atoms with Crippen molar-refractivity contribution < 1.29 is 29.0 Å². The Labute approximate surface area is 257 Å². The van der Waals surface area contributed by atoms with E-state index >= 15 is 0 Å². The lowest BCUT2D eigenvalue weighted by atomic mass is 9.83. The van der Waals surface area contributed by atoms with E-state index in [1.807, 2.05) is 26.0 Å². The molecule has 1 aliphatic rings. The van der Waals surface area contributed by atoms with Crippen LogP contribution in [0.2, 0.25) is 0 Å². The van der Waals surface area contributed by atoms with Gasteiger partial charge in [0, 0.05) is 51.2 Å². The molecule has 5 atom stereocenters. The molecule has 0 saturated carbocycles. The van der Waals surface area contributed by atoms with Gasteiger partial charge in [0.15, 0.2) is 0 Å². The van der Waals surface area contributed by atoms with Gasteiger partial charge in [0.1, 0.15) is 5.75 Å². The first kappa shape index (κ1) is 37.6. The van der Waals surface area contributed by atoms with Crippen molar-refractivity contribution in [3.8, 4) is 5.75 Å². The van der Waals surface area contributed by atoms with E-state index in [2.05, 4.69) is 29.8 Å². The first-order chi connectivity index (χ1) is 19.5. The van der Waals surface area contributed by atoms with E-state index in [9.17, 15) is 19.5 Å². The highest BCUT2D eigenvalue weighted by atomic mass is 35.5. The van der Waals surface area contributed by atoms with E-state index in [-0.39, 0.29) is 60.3 Å². The second-order valence-electron chi connectivity index (χ2n) is 11.9. The molecule has 0 spiro atoms. The standard InChI is InChI=1S/C31H52N4O6.ClH/c1-20(2)22(18-33-30(38)24-10-6-7-11-28(24)41-15-9-8-14-40-5)16-26(32)27(36)17-25(21(3)4)31(39)34-19-23-12-13-29(37)35-23;/h6-7,10-11,20-23,25-27,36H,8-9,12-19,32H2,1-5H3,(H,33,38)(H,34,39)(H,35,37);1H. The zero-order chi connectivity index (χ0) is 30.4. The van der Waals surface area contributed by atoms with Crippen molar-refractivity contribution in [2.75, 3.05) is 33.4 Å². The number of methoxy groups -OCH3 is 1. The topological polar surface area (TPSA) is 152 Å². The van der Waals surface area contributed by atoms with Gasteiger partial charge >= 0.3 is 0 Å². The molecule has 10 nitrogen and oxygen atoms in total. The van der Waals surface area contributed by atoms with Crippen LogP contribution in [0, 0.1) is 23.7 Å². The number of halogens is 1. The van der Waals surface area contributed by atoms with Crippen LogP contribution >= 0.6 is 12.4 Å². The maximum atomic E-state index is 13.1. The van der Waals surface area contributed by atoms with E-state index in [4.69, 9.17) is 15.2 Å². The Bertz CT molecular complexity index is 963. The summed E-state index contributed by atoms with van der Waals surface area (Å²) in [5, 5.41) is 19.8. The van der Waals surface area contributed by atoms with Crippen LogP contribution in [-0.2, 0) is 14.3 Å². The van der Waals surface area contributed by atoms with Gasteiger partial charge in [-0.15, -0.1) is 12.4 Å². The van der Waals surface area contributed by atoms with Crippen molar-refractivity contribution in [3.05, 3.63) is 29.8 Å². The first-order valence-electron chi connectivity index (χ1n) is 15.0. The third-order valence-corrected chi connectivity index (χ3v) is 7.91. The van der Waals surface area contributed by atoms with Gasteiger partial charge in [-0.1, -0.05) is 39.8 Å². The van der Waals surface area contributed by atoms with Crippen LogP contribution in [-0.4, -0.2) is 74.4 Å². The van der Waals surface area contributed by atoms with E-state index < -0.39 is 18.1 Å². The first-order valence-corrected chi connectivity index (χ1v) is 15.0. The van der Waals surface area contributed by atoms with Crippen molar-refractivity contribution >= 4 is 30.1 Å². The average molecular weight is 613 g/mol. The second-order valence-corrected chi connectivity index (χ2v) is 11.9. The van der Waals surface area contributed by atoms with Gasteiger partial charge in [0.05, 0.1) is 18.3 Å². The number of nitrogens with two attached hydrogens (primary N) is 1. The fourth-order valence-corrected chi connectivity index (χ4v) is 5.03. The Kier molecular flexibility index (Phi) is 17.7. The van der Waals surface area contributed by atoms with Crippen LogP contribution in [0.1, 0.15) is 76.6 Å². The van der Waals surface area contributed by atoms with Gasteiger partial charge in [-0.25, -0.2) is 0 Å². The number of aliphatic hydroxyl groups is 1. The number of carbonyl (C=O) groups excluding carboxylic acids is 3. The van der Waals surface area contributed by atoms with Crippen molar-refractivity contribution in [2.24, 2.45) is 29.4 Å². The lowest BCUT2D eigenvalue weighted by Gasteiger charge is -2.30. The number of carbonyl (C=O) groups is 3. The normalized spacial score (nSPS) is 17.6. The summed E-state index contributed by atoms with van der Waals surface area (Å²) in [5.41, 5.74) is 6.93. The summed E-state index contributed by atoms with van der Waals surface area (Å²) in [6, 6.07) is 6.60. The van der Waals surface area contributed by atoms with Crippen molar-refractivity contribution in [2.45, 2.75) is 84.4 Å². The largest absolute Gasteiger partial charge is 0.493 e. The Hall–Kier alpha value is -2.40. The number of rotatable bonds is 19. The number of amides is 3. The number of para-hydroxylation sites is 1. The van der Waals surface area contributed by atoms with Crippen LogP contribution in [0.3, 0.4) is 0 Å². The molecule has 1 saturated heterocycles. The van der Waals surface area contributed by atoms with Gasteiger partial charge in [-0.05, 0) is 62.0 Å². The van der Waals surface area contributed by atoms with Crippen LogP contribution in [0.4, 0.5) is 0 Å². The monoisotopic (exact) mass is 612 g/mol. The molecule has 1 aliphatic heterocycles. The molecule has 0 bridgehead atoms. The summed E-state index contributed by atoms with van der Waals surface area (Å²) in [5.74, 6) is 0.0487. The van der Waals surface area contributed by atoms with Gasteiger partial charge in [0.25, 0.3) is 5.91 Å². The predicted molar refractivity (Wildman–Crippen MR) is 167 cm³/mol. The molecule has 2 rings (SSSR count). The minimum Gasteiger partial charge on any atom is -0.493 e. The highest BCUT2D eigenvalue weighted by Crippen LogP contribution is 2.24. The molecule has 42 heavy (non-hydrogen) atoms. The number of benzene rings is 1. The van der Waals surface area contributed by atoms with Gasteiger partial charge in [-0.3, -0.25) is 14.4 Å². The molecule has 240 valence electrons. The van der Waals surface area contributed by atoms with Gasteiger partial charge in [0.2, 0.25) is 11.8 Å². The third-order valence-electron chi connectivity index (χ3n) is 7.91. The Morgan fingerprint density at radius 1 is 1.07 bits per heavy atom. The predicted octanol–water partition coefficient (Wildman–Crippen LogP) is 3.05. The van der Waals surface area contributed by atoms with Crippen LogP contribution in [0.5, 0.6) is 5.75 Å². The zero-order valence-corrected chi connectivity index (χ0v) is 26.7.